The minimum atomic E-state index is -0.974. The summed E-state index contributed by atoms with van der Waals surface area (Å²) >= 11 is 0. The smallest absolute Gasteiger partial charge is 0.187 e. The molecule has 0 aromatic heterocycles. The standard InChI is InChI=1S/C16H22O6/c1-16(2)21-13-11(8-17)20-15(12(18)14(13)22-16)19-9-10-6-4-3-5-7-10/h3-7,11-15,17-18H,8-9H2,1-2H3/t11?,12?,13-,14?,15+/m0/s1. The number of benzene rings is 1. The molecular formula is C16H22O6. The van der Waals surface area contributed by atoms with Crippen molar-refractivity contribution in [2.75, 3.05) is 6.61 Å². The molecule has 2 heterocycles. The van der Waals surface area contributed by atoms with Gasteiger partial charge in [-0.3, -0.25) is 0 Å². The first-order valence-corrected chi connectivity index (χ1v) is 7.46. The molecule has 0 saturated carbocycles. The van der Waals surface area contributed by atoms with Gasteiger partial charge in [0.15, 0.2) is 12.1 Å². The Morgan fingerprint density at radius 3 is 2.50 bits per heavy atom. The van der Waals surface area contributed by atoms with Crippen LogP contribution in [0, 0.1) is 0 Å². The number of aliphatic hydroxyl groups excluding tert-OH is 2. The molecule has 2 aliphatic rings. The lowest BCUT2D eigenvalue weighted by Crippen LogP contribution is -2.57. The molecule has 5 atom stereocenters. The molecule has 3 rings (SSSR count). The zero-order chi connectivity index (χ0) is 15.7. The van der Waals surface area contributed by atoms with Crippen LogP contribution in [0.2, 0.25) is 0 Å². The van der Waals surface area contributed by atoms with E-state index >= 15 is 0 Å². The van der Waals surface area contributed by atoms with Crippen molar-refractivity contribution in [2.24, 2.45) is 0 Å². The van der Waals surface area contributed by atoms with Gasteiger partial charge in [0.2, 0.25) is 0 Å². The summed E-state index contributed by atoms with van der Waals surface area (Å²) in [5.74, 6) is -0.818. The number of rotatable bonds is 4. The molecule has 6 nitrogen and oxygen atoms in total. The number of hydrogen-bond donors (Lipinski definition) is 2. The molecule has 2 aliphatic heterocycles. The largest absolute Gasteiger partial charge is 0.394 e. The summed E-state index contributed by atoms with van der Waals surface area (Å²) in [6.45, 7) is 3.62. The Hall–Kier alpha value is -1.02. The Morgan fingerprint density at radius 2 is 1.82 bits per heavy atom. The molecule has 0 radical (unpaired) electrons. The molecule has 2 saturated heterocycles. The average Bonchev–Trinajstić information content (AvgIpc) is 2.84. The van der Waals surface area contributed by atoms with Crippen LogP contribution >= 0.6 is 0 Å². The molecule has 0 amide bonds. The predicted molar refractivity (Wildman–Crippen MR) is 76.8 cm³/mol. The van der Waals surface area contributed by atoms with Gasteiger partial charge in [0.05, 0.1) is 13.2 Å². The first kappa shape index (κ1) is 15.9. The van der Waals surface area contributed by atoms with Crippen LogP contribution in [-0.2, 0) is 25.6 Å². The Kier molecular flexibility index (Phi) is 4.49. The van der Waals surface area contributed by atoms with Gasteiger partial charge in [-0.05, 0) is 19.4 Å². The zero-order valence-corrected chi connectivity index (χ0v) is 12.7. The fraction of sp³-hybridized carbons (Fsp3) is 0.625. The van der Waals surface area contributed by atoms with Crippen LogP contribution in [0.15, 0.2) is 30.3 Å². The van der Waals surface area contributed by atoms with Gasteiger partial charge in [-0.25, -0.2) is 0 Å². The van der Waals surface area contributed by atoms with E-state index in [1.54, 1.807) is 13.8 Å². The second-order valence-corrected chi connectivity index (χ2v) is 6.08. The van der Waals surface area contributed by atoms with Crippen LogP contribution in [0.25, 0.3) is 0 Å². The molecule has 3 unspecified atom stereocenters. The lowest BCUT2D eigenvalue weighted by atomic mass is 9.99. The highest BCUT2D eigenvalue weighted by atomic mass is 16.8. The van der Waals surface area contributed by atoms with Crippen molar-refractivity contribution in [1.82, 2.24) is 0 Å². The summed E-state index contributed by atoms with van der Waals surface area (Å²) in [5.41, 5.74) is 0.977. The van der Waals surface area contributed by atoms with Crippen molar-refractivity contribution in [2.45, 2.75) is 56.9 Å². The Bertz CT molecular complexity index is 491. The van der Waals surface area contributed by atoms with Crippen molar-refractivity contribution in [1.29, 1.82) is 0 Å². The normalized spacial score (nSPS) is 37.0. The zero-order valence-electron chi connectivity index (χ0n) is 12.7. The number of ether oxygens (including phenoxy) is 4. The molecule has 22 heavy (non-hydrogen) atoms. The molecule has 2 fully saturated rings. The van der Waals surface area contributed by atoms with Crippen LogP contribution in [-0.4, -0.2) is 53.3 Å². The van der Waals surface area contributed by atoms with Gasteiger partial charge in [-0.2, -0.15) is 0 Å². The first-order chi connectivity index (χ1) is 10.5. The maximum absolute atomic E-state index is 10.4. The van der Waals surface area contributed by atoms with Crippen molar-refractivity contribution in [3.63, 3.8) is 0 Å². The highest BCUT2D eigenvalue weighted by Gasteiger charge is 2.55. The number of hydrogen-bond acceptors (Lipinski definition) is 6. The molecule has 6 heteroatoms. The predicted octanol–water partition coefficient (Wildman–Crippen LogP) is 0.801. The first-order valence-electron chi connectivity index (χ1n) is 7.46. The average molecular weight is 310 g/mol. The molecular weight excluding hydrogens is 288 g/mol. The molecule has 0 spiro atoms. The molecule has 1 aromatic rings. The highest BCUT2D eigenvalue weighted by molar-refractivity contribution is 5.13. The van der Waals surface area contributed by atoms with Crippen LogP contribution < -0.4 is 0 Å². The van der Waals surface area contributed by atoms with E-state index in [4.69, 9.17) is 18.9 Å². The van der Waals surface area contributed by atoms with Gasteiger partial charge < -0.3 is 29.2 Å². The SMILES string of the molecule is CC1(C)OC2C(O)[C@H](OCc3ccccc3)OC(CO)[C@@H]2O1. The lowest BCUT2D eigenvalue weighted by Gasteiger charge is -2.39. The quantitative estimate of drug-likeness (QED) is 0.857. The van der Waals surface area contributed by atoms with E-state index in [2.05, 4.69) is 0 Å². The van der Waals surface area contributed by atoms with E-state index in [1.807, 2.05) is 30.3 Å². The lowest BCUT2D eigenvalue weighted by molar-refractivity contribution is -0.285. The number of fused-ring (bicyclic) bond motifs is 1. The topological polar surface area (TPSA) is 77.4 Å². The molecule has 122 valence electrons. The third kappa shape index (κ3) is 3.17. The van der Waals surface area contributed by atoms with E-state index in [0.717, 1.165) is 5.56 Å². The summed E-state index contributed by atoms with van der Waals surface area (Å²) in [7, 11) is 0. The summed E-state index contributed by atoms with van der Waals surface area (Å²) in [5, 5.41) is 19.9. The maximum Gasteiger partial charge on any atom is 0.187 e. The van der Waals surface area contributed by atoms with Gasteiger partial charge in [-0.1, -0.05) is 30.3 Å². The third-order valence-electron chi connectivity index (χ3n) is 3.89. The van der Waals surface area contributed by atoms with Crippen molar-refractivity contribution in [3.05, 3.63) is 35.9 Å². The van der Waals surface area contributed by atoms with Crippen LogP contribution in [0.1, 0.15) is 19.4 Å². The summed E-state index contributed by atoms with van der Waals surface area (Å²) < 4.78 is 22.8. The van der Waals surface area contributed by atoms with Crippen molar-refractivity contribution < 1.29 is 29.2 Å². The van der Waals surface area contributed by atoms with Gasteiger partial charge in [0.25, 0.3) is 0 Å². The van der Waals surface area contributed by atoms with Gasteiger partial charge >= 0.3 is 0 Å². The second kappa shape index (κ2) is 6.23. The fourth-order valence-corrected chi connectivity index (χ4v) is 2.89. The molecule has 1 aromatic carbocycles. The van der Waals surface area contributed by atoms with E-state index < -0.39 is 36.5 Å². The van der Waals surface area contributed by atoms with E-state index in [9.17, 15) is 10.2 Å². The minimum Gasteiger partial charge on any atom is -0.394 e. The highest BCUT2D eigenvalue weighted by Crippen LogP contribution is 2.37. The Labute approximate surface area is 129 Å². The van der Waals surface area contributed by atoms with E-state index in [-0.39, 0.29) is 6.61 Å². The summed E-state index contributed by atoms with van der Waals surface area (Å²) in [6.07, 6.45) is -3.52. The monoisotopic (exact) mass is 310 g/mol. The van der Waals surface area contributed by atoms with Crippen LogP contribution in [0.3, 0.4) is 0 Å². The van der Waals surface area contributed by atoms with E-state index in [1.165, 1.54) is 0 Å². The Morgan fingerprint density at radius 1 is 1.14 bits per heavy atom. The van der Waals surface area contributed by atoms with Crippen LogP contribution in [0.4, 0.5) is 0 Å². The Balaban J connectivity index is 1.68. The third-order valence-corrected chi connectivity index (χ3v) is 3.89. The van der Waals surface area contributed by atoms with Gasteiger partial charge in [0, 0.05) is 0 Å². The van der Waals surface area contributed by atoms with Crippen molar-refractivity contribution in [3.8, 4) is 0 Å². The second-order valence-electron chi connectivity index (χ2n) is 6.08. The van der Waals surface area contributed by atoms with Crippen LogP contribution in [0.5, 0.6) is 0 Å². The van der Waals surface area contributed by atoms with Gasteiger partial charge in [-0.15, -0.1) is 0 Å². The maximum atomic E-state index is 10.4. The molecule has 2 N–H and O–H groups in total. The summed E-state index contributed by atoms with van der Waals surface area (Å²) in [6, 6.07) is 9.62. The minimum absolute atomic E-state index is 0.224. The number of aliphatic hydroxyl groups is 2. The van der Waals surface area contributed by atoms with Crippen molar-refractivity contribution >= 4 is 0 Å². The molecule has 0 bridgehead atoms. The summed E-state index contributed by atoms with van der Waals surface area (Å²) in [4.78, 5) is 0. The van der Waals surface area contributed by atoms with Gasteiger partial charge in [0.1, 0.15) is 24.4 Å². The molecule has 0 aliphatic carbocycles. The fourth-order valence-electron chi connectivity index (χ4n) is 2.89. The van der Waals surface area contributed by atoms with E-state index in [0.29, 0.717) is 6.61 Å².